The molecule has 20 heavy (non-hydrogen) atoms. The van der Waals surface area contributed by atoms with Crippen molar-refractivity contribution >= 4 is 22.8 Å². The van der Waals surface area contributed by atoms with Crippen molar-refractivity contribution in [2.24, 2.45) is 0 Å². The highest BCUT2D eigenvalue weighted by Gasteiger charge is 2.17. The maximum atomic E-state index is 12.1. The minimum atomic E-state index is -0.447. The molecule has 0 spiro atoms. The monoisotopic (exact) mass is 300 g/mol. The molecule has 2 aromatic heterocycles. The fraction of sp³-hybridized carbons (Fsp3) is 0.583. The van der Waals surface area contributed by atoms with Crippen LogP contribution < -0.4 is 11.2 Å². The summed E-state index contributed by atoms with van der Waals surface area (Å²) < 4.78 is 8.21. The SMILES string of the molecule is CCCn1c(=O)[nH]c(=O)c2c1nc(CCl)n2CCOC. The van der Waals surface area contributed by atoms with Crippen LogP contribution in [0.5, 0.6) is 0 Å². The van der Waals surface area contributed by atoms with Crippen LogP contribution in [0.15, 0.2) is 9.59 Å². The topological polar surface area (TPSA) is 81.9 Å². The summed E-state index contributed by atoms with van der Waals surface area (Å²) in [6, 6.07) is 0. The quantitative estimate of drug-likeness (QED) is 0.796. The molecule has 0 aliphatic rings. The van der Waals surface area contributed by atoms with Crippen LogP contribution >= 0.6 is 11.6 Å². The van der Waals surface area contributed by atoms with Gasteiger partial charge < -0.3 is 9.30 Å². The number of aromatic nitrogens is 4. The molecule has 0 bridgehead atoms. The average Bonchev–Trinajstić information content (AvgIpc) is 2.80. The molecular formula is C12H17ClN4O3. The summed E-state index contributed by atoms with van der Waals surface area (Å²) in [6.07, 6.45) is 0.766. The number of aryl methyl sites for hydroxylation is 1. The standard InChI is InChI=1S/C12H17ClN4O3/c1-3-4-17-10-9(11(18)15-12(17)19)16(5-6-20-2)8(7-13)14-10/h3-7H2,1-2H3,(H,15,18,19). The van der Waals surface area contributed by atoms with Crippen molar-refractivity contribution in [3.05, 3.63) is 26.7 Å². The van der Waals surface area contributed by atoms with Crippen molar-refractivity contribution in [2.45, 2.75) is 32.3 Å². The summed E-state index contributed by atoms with van der Waals surface area (Å²) in [5.74, 6) is 0.720. The first-order valence-electron chi connectivity index (χ1n) is 6.41. The Bertz CT molecular complexity index is 716. The Kier molecular flexibility index (Phi) is 4.61. The third-order valence-corrected chi connectivity index (χ3v) is 3.29. The van der Waals surface area contributed by atoms with Crippen molar-refractivity contribution in [1.29, 1.82) is 0 Å². The van der Waals surface area contributed by atoms with Gasteiger partial charge in [-0.3, -0.25) is 14.3 Å². The Hall–Kier alpha value is -1.60. The number of rotatable bonds is 6. The van der Waals surface area contributed by atoms with E-state index < -0.39 is 11.2 Å². The third kappa shape index (κ3) is 2.51. The number of nitrogens with one attached hydrogen (secondary N) is 1. The number of nitrogens with zero attached hydrogens (tertiary/aromatic N) is 3. The van der Waals surface area contributed by atoms with E-state index in [1.807, 2.05) is 6.92 Å². The van der Waals surface area contributed by atoms with E-state index in [2.05, 4.69) is 9.97 Å². The van der Waals surface area contributed by atoms with Crippen LogP contribution in [-0.2, 0) is 23.7 Å². The molecule has 110 valence electrons. The Morgan fingerprint density at radius 1 is 1.30 bits per heavy atom. The van der Waals surface area contributed by atoms with Gasteiger partial charge in [-0.05, 0) is 6.42 Å². The minimum Gasteiger partial charge on any atom is -0.383 e. The molecule has 0 saturated heterocycles. The Morgan fingerprint density at radius 3 is 2.65 bits per heavy atom. The van der Waals surface area contributed by atoms with Gasteiger partial charge in [-0.15, -0.1) is 11.6 Å². The number of alkyl halides is 1. The van der Waals surface area contributed by atoms with Crippen LogP contribution in [0.3, 0.4) is 0 Å². The van der Waals surface area contributed by atoms with E-state index in [1.165, 1.54) is 4.57 Å². The second-order valence-electron chi connectivity index (χ2n) is 4.39. The van der Waals surface area contributed by atoms with Gasteiger partial charge in [0.25, 0.3) is 5.56 Å². The first-order valence-corrected chi connectivity index (χ1v) is 6.94. The van der Waals surface area contributed by atoms with Gasteiger partial charge in [0, 0.05) is 20.2 Å². The molecule has 2 aromatic rings. The van der Waals surface area contributed by atoms with E-state index in [0.29, 0.717) is 36.7 Å². The molecule has 0 unspecified atom stereocenters. The Labute approximate surface area is 120 Å². The lowest BCUT2D eigenvalue weighted by Crippen LogP contribution is -2.31. The zero-order valence-corrected chi connectivity index (χ0v) is 12.2. The average molecular weight is 301 g/mol. The minimum absolute atomic E-state index is 0.165. The van der Waals surface area contributed by atoms with Crippen molar-refractivity contribution in [1.82, 2.24) is 19.1 Å². The van der Waals surface area contributed by atoms with Crippen LogP contribution in [-0.4, -0.2) is 32.8 Å². The van der Waals surface area contributed by atoms with Crippen LogP contribution in [0.1, 0.15) is 19.2 Å². The van der Waals surface area contributed by atoms with E-state index in [-0.39, 0.29) is 5.88 Å². The van der Waals surface area contributed by atoms with Crippen LogP contribution in [0.25, 0.3) is 11.2 Å². The lowest BCUT2D eigenvalue weighted by molar-refractivity contribution is 0.187. The zero-order chi connectivity index (χ0) is 14.7. The third-order valence-electron chi connectivity index (χ3n) is 3.05. The van der Waals surface area contributed by atoms with Gasteiger partial charge in [-0.2, -0.15) is 0 Å². The molecule has 0 amide bonds. The maximum absolute atomic E-state index is 12.1. The second kappa shape index (κ2) is 6.23. The molecule has 7 nitrogen and oxygen atoms in total. The first-order chi connectivity index (χ1) is 9.63. The van der Waals surface area contributed by atoms with E-state index in [4.69, 9.17) is 16.3 Å². The normalized spacial score (nSPS) is 11.3. The van der Waals surface area contributed by atoms with Crippen LogP contribution in [0.2, 0.25) is 0 Å². The van der Waals surface area contributed by atoms with Crippen molar-refractivity contribution in [3.63, 3.8) is 0 Å². The number of aromatic amines is 1. The molecule has 0 fully saturated rings. The van der Waals surface area contributed by atoms with Crippen molar-refractivity contribution in [2.75, 3.05) is 13.7 Å². The molecular weight excluding hydrogens is 284 g/mol. The van der Waals surface area contributed by atoms with Gasteiger partial charge in [0.05, 0.1) is 12.5 Å². The molecule has 0 aromatic carbocycles. The predicted molar refractivity (Wildman–Crippen MR) is 76.3 cm³/mol. The number of H-pyrrole nitrogens is 1. The van der Waals surface area contributed by atoms with Gasteiger partial charge in [0.2, 0.25) is 0 Å². The van der Waals surface area contributed by atoms with Gasteiger partial charge >= 0.3 is 5.69 Å². The summed E-state index contributed by atoms with van der Waals surface area (Å²) in [5, 5.41) is 0. The van der Waals surface area contributed by atoms with Crippen LogP contribution in [0.4, 0.5) is 0 Å². The number of halogens is 1. The van der Waals surface area contributed by atoms with Gasteiger partial charge in [-0.1, -0.05) is 6.92 Å². The van der Waals surface area contributed by atoms with Gasteiger partial charge in [0.1, 0.15) is 5.82 Å². The summed E-state index contributed by atoms with van der Waals surface area (Å²) in [7, 11) is 1.58. The maximum Gasteiger partial charge on any atom is 0.330 e. The Balaban J connectivity index is 2.76. The number of ether oxygens (including phenoxy) is 1. The molecule has 0 atom stereocenters. The van der Waals surface area contributed by atoms with E-state index in [1.54, 1.807) is 11.7 Å². The lowest BCUT2D eigenvalue weighted by atomic mass is 10.4. The van der Waals surface area contributed by atoms with E-state index in [9.17, 15) is 9.59 Å². The number of hydrogen-bond donors (Lipinski definition) is 1. The molecule has 8 heteroatoms. The number of imidazole rings is 1. The number of fused-ring (bicyclic) bond motifs is 1. The lowest BCUT2D eigenvalue weighted by Gasteiger charge is -2.07. The van der Waals surface area contributed by atoms with Gasteiger partial charge in [-0.25, -0.2) is 9.78 Å². The molecule has 0 saturated carbocycles. The summed E-state index contributed by atoms with van der Waals surface area (Å²) in [4.78, 5) is 30.6. The van der Waals surface area contributed by atoms with E-state index in [0.717, 1.165) is 6.42 Å². The van der Waals surface area contributed by atoms with Crippen molar-refractivity contribution < 1.29 is 4.74 Å². The summed E-state index contributed by atoms with van der Waals surface area (Å²) in [5.41, 5.74) is -0.141. The molecule has 1 N–H and O–H groups in total. The van der Waals surface area contributed by atoms with E-state index >= 15 is 0 Å². The second-order valence-corrected chi connectivity index (χ2v) is 4.66. The zero-order valence-electron chi connectivity index (χ0n) is 11.5. The highest BCUT2D eigenvalue weighted by molar-refractivity contribution is 6.16. The number of hydrogen-bond acceptors (Lipinski definition) is 4. The highest BCUT2D eigenvalue weighted by Crippen LogP contribution is 2.13. The van der Waals surface area contributed by atoms with Crippen molar-refractivity contribution in [3.8, 4) is 0 Å². The fourth-order valence-corrected chi connectivity index (χ4v) is 2.38. The smallest absolute Gasteiger partial charge is 0.330 e. The predicted octanol–water partition coefficient (Wildman–Crippen LogP) is 0.681. The molecule has 0 aliphatic heterocycles. The summed E-state index contributed by atoms with van der Waals surface area (Å²) >= 11 is 5.88. The molecule has 0 aliphatic carbocycles. The molecule has 2 heterocycles. The number of methoxy groups -OCH3 is 1. The first kappa shape index (κ1) is 14.8. The molecule has 0 radical (unpaired) electrons. The summed E-state index contributed by atoms with van der Waals surface area (Å²) in [6.45, 7) is 3.34. The largest absolute Gasteiger partial charge is 0.383 e. The van der Waals surface area contributed by atoms with Crippen LogP contribution in [0, 0.1) is 0 Å². The fourth-order valence-electron chi connectivity index (χ4n) is 2.17. The van der Waals surface area contributed by atoms with Gasteiger partial charge in [0.15, 0.2) is 11.2 Å². The molecule has 2 rings (SSSR count). The highest BCUT2D eigenvalue weighted by atomic mass is 35.5. The Morgan fingerprint density at radius 2 is 2.05 bits per heavy atom.